The maximum absolute atomic E-state index is 12.3. The first-order chi connectivity index (χ1) is 7.93. The number of thiophene rings is 1. The van der Waals surface area contributed by atoms with Gasteiger partial charge in [-0.2, -0.15) is 0 Å². The van der Waals surface area contributed by atoms with Gasteiger partial charge in [-0.15, -0.1) is 11.3 Å². The second kappa shape index (κ2) is 6.47. The number of hydrogen-bond donors (Lipinski definition) is 1. The van der Waals surface area contributed by atoms with E-state index in [4.69, 9.17) is 18.0 Å². The topological polar surface area (TPSA) is 46.3 Å². The van der Waals surface area contributed by atoms with Crippen molar-refractivity contribution < 1.29 is 4.79 Å². The monoisotopic (exact) mass is 334 g/mol. The molecule has 0 aliphatic heterocycles. The Kier molecular flexibility index (Phi) is 5.55. The summed E-state index contributed by atoms with van der Waals surface area (Å²) >= 11 is 9.66. The number of carbonyl (C=O) groups is 1. The fourth-order valence-corrected chi connectivity index (χ4v) is 2.99. The fraction of sp³-hybridized carbons (Fsp3) is 0.455. The highest BCUT2D eigenvalue weighted by Gasteiger charge is 2.21. The molecule has 1 rings (SSSR count). The van der Waals surface area contributed by atoms with E-state index in [0.29, 0.717) is 18.0 Å². The molecule has 0 aliphatic rings. The number of halogens is 1. The van der Waals surface area contributed by atoms with Crippen molar-refractivity contribution in [2.45, 2.75) is 26.3 Å². The molecular formula is C11H15BrN2OS2. The molecule has 0 atom stereocenters. The quantitative estimate of drug-likeness (QED) is 0.842. The molecule has 94 valence electrons. The van der Waals surface area contributed by atoms with Gasteiger partial charge < -0.3 is 10.6 Å². The van der Waals surface area contributed by atoms with E-state index in [1.54, 1.807) is 4.90 Å². The third-order valence-electron chi connectivity index (χ3n) is 2.29. The predicted octanol–water partition coefficient (Wildman–Crippen LogP) is 3.04. The number of nitrogens with two attached hydrogens (primary N) is 1. The van der Waals surface area contributed by atoms with Crippen LogP contribution in [0.15, 0.2) is 15.9 Å². The highest BCUT2D eigenvalue weighted by Crippen LogP contribution is 2.25. The van der Waals surface area contributed by atoms with Crippen molar-refractivity contribution in [2.75, 3.05) is 6.54 Å². The van der Waals surface area contributed by atoms with Crippen LogP contribution in [0.4, 0.5) is 0 Å². The predicted molar refractivity (Wildman–Crippen MR) is 79.6 cm³/mol. The van der Waals surface area contributed by atoms with Gasteiger partial charge in [-0.25, -0.2) is 0 Å². The largest absolute Gasteiger partial charge is 0.393 e. The molecule has 0 saturated heterocycles. The van der Waals surface area contributed by atoms with Crippen molar-refractivity contribution in [3.63, 3.8) is 0 Å². The zero-order valence-corrected chi connectivity index (χ0v) is 13.0. The maximum atomic E-state index is 12.3. The van der Waals surface area contributed by atoms with Gasteiger partial charge in [0.1, 0.15) is 4.88 Å². The van der Waals surface area contributed by atoms with Gasteiger partial charge in [0, 0.05) is 23.5 Å². The minimum Gasteiger partial charge on any atom is -0.393 e. The number of amides is 1. The van der Waals surface area contributed by atoms with Crippen LogP contribution in [-0.2, 0) is 0 Å². The summed E-state index contributed by atoms with van der Waals surface area (Å²) in [6, 6.07) is 2.01. The molecule has 1 heterocycles. The van der Waals surface area contributed by atoms with Gasteiger partial charge >= 0.3 is 0 Å². The first-order valence-corrected chi connectivity index (χ1v) is 7.33. The number of hydrogen-bond acceptors (Lipinski definition) is 3. The lowest BCUT2D eigenvalue weighted by atomic mass is 10.2. The molecule has 3 nitrogen and oxygen atoms in total. The van der Waals surface area contributed by atoms with Crippen molar-refractivity contribution >= 4 is 50.4 Å². The van der Waals surface area contributed by atoms with Gasteiger partial charge in [0.2, 0.25) is 0 Å². The average Bonchev–Trinajstić information content (AvgIpc) is 2.63. The van der Waals surface area contributed by atoms with E-state index in [1.807, 2.05) is 25.3 Å². The van der Waals surface area contributed by atoms with Crippen LogP contribution >= 0.6 is 39.5 Å². The first kappa shape index (κ1) is 14.6. The third kappa shape index (κ3) is 4.04. The Morgan fingerprint density at radius 1 is 1.65 bits per heavy atom. The van der Waals surface area contributed by atoms with E-state index in [9.17, 15) is 4.79 Å². The molecule has 0 unspecified atom stereocenters. The SMILES string of the molecule is CC(C)N(CCC(N)=S)C(=O)c1sccc1Br. The van der Waals surface area contributed by atoms with Crippen LogP contribution in [0.1, 0.15) is 29.9 Å². The van der Waals surface area contributed by atoms with E-state index in [2.05, 4.69) is 15.9 Å². The molecule has 1 aromatic rings. The standard InChI is InChI=1S/C11H15BrN2OS2/c1-7(2)14(5-3-9(13)16)11(15)10-8(12)4-6-17-10/h4,6-7H,3,5H2,1-2H3,(H2,13,16). The molecule has 0 radical (unpaired) electrons. The van der Waals surface area contributed by atoms with Crippen molar-refractivity contribution in [3.05, 3.63) is 20.8 Å². The Balaban J connectivity index is 2.81. The number of nitrogens with zero attached hydrogens (tertiary/aromatic N) is 1. The van der Waals surface area contributed by atoms with Crippen molar-refractivity contribution in [2.24, 2.45) is 5.73 Å². The van der Waals surface area contributed by atoms with E-state index < -0.39 is 0 Å². The Labute approximate surface area is 119 Å². The molecule has 2 N–H and O–H groups in total. The molecule has 0 spiro atoms. The molecule has 1 aromatic heterocycles. The average molecular weight is 335 g/mol. The van der Waals surface area contributed by atoms with E-state index in [0.717, 1.165) is 9.35 Å². The molecule has 0 aromatic carbocycles. The van der Waals surface area contributed by atoms with Gasteiger partial charge in [0.15, 0.2) is 0 Å². The van der Waals surface area contributed by atoms with Crippen LogP contribution in [0.3, 0.4) is 0 Å². The van der Waals surface area contributed by atoms with Crippen LogP contribution in [0.2, 0.25) is 0 Å². The van der Waals surface area contributed by atoms with Crippen LogP contribution in [0, 0.1) is 0 Å². The zero-order chi connectivity index (χ0) is 13.0. The van der Waals surface area contributed by atoms with Gasteiger partial charge in [-0.05, 0) is 41.2 Å². The lowest BCUT2D eigenvalue weighted by Crippen LogP contribution is -2.38. The highest BCUT2D eigenvalue weighted by molar-refractivity contribution is 9.10. The number of carbonyl (C=O) groups excluding carboxylic acids is 1. The lowest BCUT2D eigenvalue weighted by Gasteiger charge is -2.26. The summed E-state index contributed by atoms with van der Waals surface area (Å²) < 4.78 is 0.841. The van der Waals surface area contributed by atoms with Crippen molar-refractivity contribution in [1.82, 2.24) is 4.90 Å². The summed E-state index contributed by atoms with van der Waals surface area (Å²) in [5, 5.41) is 1.89. The van der Waals surface area contributed by atoms with Crippen LogP contribution in [0.5, 0.6) is 0 Å². The Morgan fingerprint density at radius 3 is 2.71 bits per heavy atom. The normalized spacial score (nSPS) is 10.6. The second-order valence-corrected chi connectivity index (χ2v) is 6.20. The van der Waals surface area contributed by atoms with Crippen LogP contribution < -0.4 is 5.73 Å². The summed E-state index contributed by atoms with van der Waals surface area (Å²) in [6.45, 7) is 4.54. The lowest BCUT2D eigenvalue weighted by molar-refractivity contribution is 0.0716. The summed E-state index contributed by atoms with van der Waals surface area (Å²) in [5.74, 6) is 0.0260. The Hall–Kier alpha value is -0.460. The smallest absolute Gasteiger partial charge is 0.265 e. The second-order valence-electron chi connectivity index (χ2n) is 3.91. The number of rotatable bonds is 5. The molecule has 0 fully saturated rings. The minimum atomic E-state index is 0.0260. The summed E-state index contributed by atoms with van der Waals surface area (Å²) in [6.07, 6.45) is 0.558. The molecule has 17 heavy (non-hydrogen) atoms. The van der Waals surface area contributed by atoms with Crippen LogP contribution in [-0.4, -0.2) is 28.4 Å². The summed E-state index contributed by atoms with van der Waals surface area (Å²) in [7, 11) is 0. The Bertz CT molecular complexity index is 417. The van der Waals surface area contributed by atoms with Crippen LogP contribution in [0.25, 0.3) is 0 Å². The van der Waals surface area contributed by atoms with Gasteiger partial charge in [0.25, 0.3) is 5.91 Å². The van der Waals surface area contributed by atoms with Gasteiger partial charge in [-0.3, -0.25) is 4.79 Å². The minimum absolute atomic E-state index is 0.0260. The van der Waals surface area contributed by atoms with Crippen molar-refractivity contribution in [1.29, 1.82) is 0 Å². The fourth-order valence-electron chi connectivity index (χ4n) is 1.40. The van der Waals surface area contributed by atoms with E-state index in [1.165, 1.54) is 11.3 Å². The molecular weight excluding hydrogens is 320 g/mol. The molecule has 6 heteroatoms. The zero-order valence-electron chi connectivity index (χ0n) is 9.77. The van der Waals surface area contributed by atoms with E-state index >= 15 is 0 Å². The Morgan fingerprint density at radius 2 is 2.29 bits per heavy atom. The van der Waals surface area contributed by atoms with Gasteiger partial charge in [-0.1, -0.05) is 12.2 Å². The number of thiocarbonyl (C=S) groups is 1. The maximum Gasteiger partial charge on any atom is 0.265 e. The van der Waals surface area contributed by atoms with Gasteiger partial charge in [0.05, 0.1) is 4.99 Å². The molecule has 0 aliphatic carbocycles. The first-order valence-electron chi connectivity index (χ1n) is 5.25. The molecule has 0 saturated carbocycles. The molecule has 1 amide bonds. The van der Waals surface area contributed by atoms with E-state index in [-0.39, 0.29) is 11.9 Å². The summed E-state index contributed by atoms with van der Waals surface area (Å²) in [4.78, 5) is 15.3. The third-order valence-corrected chi connectivity index (χ3v) is 4.32. The molecule has 0 bridgehead atoms. The highest BCUT2D eigenvalue weighted by atomic mass is 79.9. The van der Waals surface area contributed by atoms with Crippen molar-refractivity contribution in [3.8, 4) is 0 Å². The summed E-state index contributed by atoms with van der Waals surface area (Å²) in [5.41, 5.74) is 5.48.